The minimum absolute atomic E-state index is 0.0331. The van der Waals surface area contributed by atoms with Crippen molar-refractivity contribution in [2.45, 2.75) is 11.1 Å². The van der Waals surface area contributed by atoms with Crippen LogP contribution in [0.4, 0.5) is 0 Å². The molecule has 0 unspecified atom stereocenters. The molecule has 1 fully saturated rings. The molecule has 1 aromatic rings. The van der Waals surface area contributed by atoms with Gasteiger partial charge in [0.15, 0.2) is 0 Å². The molecule has 110 valence electrons. The average molecular weight is 334 g/mol. The van der Waals surface area contributed by atoms with Crippen molar-refractivity contribution >= 4 is 33.0 Å². The predicted molar refractivity (Wildman–Crippen MR) is 79.3 cm³/mol. The summed E-state index contributed by atoms with van der Waals surface area (Å²) in [7, 11) is -3.42. The zero-order valence-electron chi connectivity index (χ0n) is 11.1. The van der Waals surface area contributed by atoms with E-state index in [0.717, 1.165) is 11.3 Å². The summed E-state index contributed by atoms with van der Waals surface area (Å²) in [6.07, 6.45) is 0. The number of hydrogen-bond acceptors (Lipinski definition) is 5. The standard InChI is InChI=1S/C12H16ClN3O2S2/c1-10(8-14)9-15-4-6-16(7-5-15)20(17,18)12-3-2-11(13)19-12/h2-3,10H,4-7,9H2,1H3/t10-/m0/s1. The number of rotatable bonds is 4. The van der Waals surface area contributed by atoms with Gasteiger partial charge in [0.25, 0.3) is 10.0 Å². The quantitative estimate of drug-likeness (QED) is 0.843. The van der Waals surface area contributed by atoms with Gasteiger partial charge in [-0.2, -0.15) is 9.57 Å². The van der Waals surface area contributed by atoms with Gasteiger partial charge in [0.05, 0.1) is 16.3 Å². The van der Waals surface area contributed by atoms with E-state index in [4.69, 9.17) is 16.9 Å². The lowest BCUT2D eigenvalue weighted by atomic mass is 10.2. The molecule has 0 N–H and O–H groups in total. The number of halogens is 1. The lowest BCUT2D eigenvalue weighted by Crippen LogP contribution is -2.49. The Bertz CT molecular complexity index is 600. The first-order chi connectivity index (χ1) is 9.43. The first-order valence-corrected chi connectivity index (χ1v) is 8.94. The van der Waals surface area contributed by atoms with Gasteiger partial charge in [-0.3, -0.25) is 4.90 Å². The molecule has 0 bridgehead atoms. The van der Waals surface area contributed by atoms with Crippen LogP contribution in [0.2, 0.25) is 4.34 Å². The Morgan fingerprint density at radius 3 is 2.55 bits per heavy atom. The SMILES string of the molecule is C[C@@H](C#N)CN1CCN(S(=O)(=O)c2ccc(Cl)s2)CC1. The third kappa shape index (κ3) is 3.51. The van der Waals surface area contributed by atoms with Crippen LogP contribution >= 0.6 is 22.9 Å². The van der Waals surface area contributed by atoms with Crippen molar-refractivity contribution in [2.75, 3.05) is 32.7 Å². The van der Waals surface area contributed by atoms with Crippen molar-refractivity contribution in [3.05, 3.63) is 16.5 Å². The van der Waals surface area contributed by atoms with Crippen LogP contribution in [0, 0.1) is 17.2 Å². The number of sulfonamides is 1. The summed E-state index contributed by atoms with van der Waals surface area (Å²) >= 11 is 6.88. The molecule has 1 aliphatic heterocycles. The Balaban J connectivity index is 1.99. The van der Waals surface area contributed by atoms with E-state index in [1.165, 1.54) is 4.31 Å². The maximum Gasteiger partial charge on any atom is 0.252 e. The highest BCUT2D eigenvalue weighted by Gasteiger charge is 2.29. The molecule has 1 aliphatic rings. The number of nitriles is 1. The van der Waals surface area contributed by atoms with E-state index in [9.17, 15) is 8.42 Å². The van der Waals surface area contributed by atoms with Crippen molar-refractivity contribution in [1.29, 1.82) is 5.26 Å². The van der Waals surface area contributed by atoms with Crippen LogP contribution in [0.5, 0.6) is 0 Å². The summed E-state index contributed by atoms with van der Waals surface area (Å²) in [5.74, 6) is -0.0331. The molecule has 2 heterocycles. The van der Waals surface area contributed by atoms with Crippen LogP contribution in [-0.4, -0.2) is 50.3 Å². The van der Waals surface area contributed by atoms with Gasteiger partial charge in [-0.25, -0.2) is 8.42 Å². The molecule has 0 amide bonds. The molecule has 0 radical (unpaired) electrons. The highest BCUT2D eigenvalue weighted by molar-refractivity contribution is 7.91. The van der Waals surface area contributed by atoms with E-state index in [2.05, 4.69) is 11.0 Å². The zero-order chi connectivity index (χ0) is 14.8. The minimum Gasteiger partial charge on any atom is -0.299 e. The first kappa shape index (κ1) is 15.7. The lowest BCUT2D eigenvalue weighted by molar-refractivity contribution is 0.178. The molecule has 5 nitrogen and oxygen atoms in total. The van der Waals surface area contributed by atoms with Crippen molar-refractivity contribution in [3.63, 3.8) is 0 Å². The Morgan fingerprint density at radius 1 is 1.40 bits per heavy atom. The lowest BCUT2D eigenvalue weighted by Gasteiger charge is -2.34. The Morgan fingerprint density at radius 2 is 2.05 bits per heavy atom. The summed E-state index contributed by atoms with van der Waals surface area (Å²) in [6, 6.07) is 5.34. The molecule has 1 atom stereocenters. The zero-order valence-corrected chi connectivity index (χ0v) is 13.5. The molecule has 0 aromatic carbocycles. The molecule has 2 rings (SSSR count). The van der Waals surface area contributed by atoms with Crippen molar-refractivity contribution in [2.24, 2.45) is 5.92 Å². The van der Waals surface area contributed by atoms with E-state index in [0.29, 0.717) is 41.3 Å². The minimum atomic E-state index is -3.42. The van der Waals surface area contributed by atoms with Gasteiger partial charge in [-0.15, -0.1) is 11.3 Å². The summed E-state index contributed by atoms with van der Waals surface area (Å²) < 4.78 is 27.0. The maximum absolute atomic E-state index is 12.4. The highest BCUT2D eigenvalue weighted by atomic mass is 35.5. The van der Waals surface area contributed by atoms with E-state index < -0.39 is 10.0 Å². The smallest absolute Gasteiger partial charge is 0.252 e. The van der Waals surface area contributed by atoms with E-state index in [1.807, 2.05) is 6.92 Å². The molecule has 8 heteroatoms. The number of piperazine rings is 1. The number of hydrogen-bond donors (Lipinski definition) is 0. The monoisotopic (exact) mass is 333 g/mol. The number of nitrogens with zero attached hydrogens (tertiary/aromatic N) is 3. The van der Waals surface area contributed by atoms with Gasteiger partial charge in [0, 0.05) is 32.7 Å². The van der Waals surface area contributed by atoms with Crippen LogP contribution in [0.15, 0.2) is 16.3 Å². The number of thiophene rings is 1. The third-order valence-electron chi connectivity index (χ3n) is 3.23. The Labute approximate surface area is 128 Å². The van der Waals surface area contributed by atoms with Gasteiger partial charge in [0.2, 0.25) is 0 Å². The van der Waals surface area contributed by atoms with E-state index in [1.54, 1.807) is 12.1 Å². The highest BCUT2D eigenvalue weighted by Crippen LogP contribution is 2.28. The fourth-order valence-corrected chi connectivity index (χ4v) is 5.20. The van der Waals surface area contributed by atoms with Gasteiger partial charge >= 0.3 is 0 Å². The summed E-state index contributed by atoms with van der Waals surface area (Å²) in [6.45, 7) is 4.78. The van der Waals surface area contributed by atoms with Gasteiger partial charge < -0.3 is 0 Å². The molecule has 0 aliphatic carbocycles. The average Bonchev–Trinajstić information content (AvgIpc) is 2.86. The largest absolute Gasteiger partial charge is 0.299 e. The summed E-state index contributed by atoms with van der Waals surface area (Å²) in [5, 5.41) is 8.80. The van der Waals surface area contributed by atoms with E-state index >= 15 is 0 Å². The fraction of sp³-hybridized carbons (Fsp3) is 0.583. The molecule has 1 saturated heterocycles. The summed E-state index contributed by atoms with van der Waals surface area (Å²) in [5.41, 5.74) is 0. The van der Waals surface area contributed by atoms with Crippen LogP contribution < -0.4 is 0 Å². The Kier molecular flexibility index (Phi) is 5.04. The molecule has 1 aromatic heterocycles. The van der Waals surface area contributed by atoms with Crippen LogP contribution in [0.1, 0.15) is 6.92 Å². The van der Waals surface area contributed by atoms with Gasteiger partial charge in [-0.05, 0) is 19.1 Å². The summed E-state index contributed by atoms with van der Waals surface area (Å²) in [4.78, 5) is 2.13. The fourth-order valence-electron chi connectivity index (χ4n) is 2.14. The second-order valence-electron chi connectivity index (χ2n) is 4.79. The maximum atomic E-state index is 12.4. The van der Waals surface area contributed by atoms with Crippen molar-refractivity contribution in [3.8, 4) is 6.07 Å². The van der Waals surface area contributed by atoms with E-state index in [-0.39, 0.29) is 5.92 Å². The predicted octanol–water partition coefficient (Wildman–Crippen LogP) is 1.87. The molecular weight excluding hydrogens is 318 g/mol. The molecule has 0 saturated carbocycles. The van der Waals surface area contributed by atoms with Crippen LogP contribution in [0.3, 0.4) is 0 Å². The normalized spacial score (nSPS) is 19.6. The molecule has 20 heavy (non-hydrogen) atoms. The van der Waals surface area contributed by atoms with Crippen molar-refractivity contribution < 1.29 is 8.42 Å². The topological polar surface area (TPSA) is 64.4 Å². The molecule has 0 spiro atoms. The van der Waals surface area contributed by atoms with Crippen molar-refractivity contribution in [1.82, 2.24) is 9.21 Å². The second kappa shape index (κ2) is 6.41. The Hall–Kier alpha value is -0.650. The second-order valence-corrected chi connectivity index (χ2v) is 8.67. The van der Waals surface area contributed by atoms with Gasteiger partial charge in [-0.1, -0.05) is 11.6 Å². The first-order valence-electron chi connectivity index (χ1n) is 6.31. The van der Waals surface area contributed by atoms with Gasteiger partial charge in [0.1, 0.15) is 4.21 Å². The van der Waals surface area contributed by atoms with Crippen LogP contribution in [-0.2, 0) is 10.0 Å². The third-order valence-corrected chi connectivity index (χ3v) is 6.82. The van der Waals surface area contributed by atoms with Crippen LogP contribution in [0.25, 0.3) is 0 Å². The molecular formula is C12H16ClN3O2S2.